The number of nitrogens with two attached hydrogens (primary N) is 1. The van der Waals surface area contributed by atoms with E-state index in [-0.39, 0.29) is 11.5 Å². The Labute approximate surface area is 170 Å². The zero-order chi connectivity index (χ0) is 20.0. The molecule has 0 saturated heterocycles. The van der Waals surface area contributed by atoms with E-state index in [1.807, 2.05) is 0 Å². The SMILES string of the molecule is C[C@]12CC[C@H](O)C[C@H]1CC[C@@H]1[C@@H]2CC[C@]2(C)[C@@H](CNOCCCN)CC[C@]12O. The average Bonchev–Trinajstić information content (AvgIpc) is 2.93. The van der Waals surface area contributed by atoms with Gasteiger partial charge in [0.1, 0.15) is 0 Å². The van der Waals surface area contributed by atoms with Crippen LogP contribution in [0.15, 0.2) is 0 Å². The molecule has 0 aromatic rings. The van der Waals surface area contributed by atoms with Crippen molar-refractivity contribution in [3.8, 4) is 0 Å². The van der Waals surface area contributed by atoms with Gasteiger partial charge in [-0.15, -0.1) is 0 Å². The highest BCUT2D eigenvalue weighted by atomic mass is 16.6. The van der Waals surface area contributed by atoms with Crippen LogP contribution in [0.3, 0.4) is 0 Å². The molecule has 0 spiro atoms. The number of nitrogens with one attached hydrogen (secondary N) is 1. The highest BCUT2D eigenvalue weighted by molar-refractivity contribution is 5.16. The van der Waals surface area contributed by atoms with E-state index in [0.29, 0.717) is 42.2 Å². The molecule has 4 saturated carbocycles. The third-order valence-corrected chi connectivity index (χ3v) is 9.90. The van der Waals surface area contributed by atoms with Crippen molar-refractivity contribution in [1.82, 2.24) is 5.48 Å². The number of aliphatic hydroxyl groups is 2. The summed E-state index contributed by atoms with van der Waals surface area (Å²) < 4.78 is 0. The molecule has 4 rings (SSSR count). The van der Waals surface area contributed by atoms with Crippen LogP contribution in [0.5, 0.6) is 0 Å². The fourth-order valence-electron chi connectivity index (χ4n) is 8.03. The molecule has 5 nitrogen and oxygen atoms in total. The predicted octanol–water partition coefficient (Wildman–Crippen LogP) is 2.99. The second-order valence-electron chi connectivity index (χ2n) is 10.9. The van der Waals surface area contributed by atoms with E-state index in [1.165, 1.54) is 12.8 Å². The Balaban J connectivity index is 1.47. The van der Waals surface area contributed by atoms with Crippen molar-refractivity contribution in [3.63, 3.8) is 0 Å². The number of rotatable bonds is 6. The van der Waals surface area contributed by atoms with Gasteiger partial charge in [0.05, 0.1) is 18.3 Å². The maximum atomic E-state index is 12.1. The van der Waals surface area contributed by atoms with Gasteiger partial charge in [0.25, 0.3) is 0 Å². The van der Waals surface area contributed by atoms with Gasteiger partial charge in [-0.05, 0) is 99.8 Å². The molecular formula is C23H42N2O3. The average molecular weight is 395 g/mol. The third-order valence-electron chi connectivity index (χ3n) is 9.90. The summed E-state index contributed by atoms with van der Waals surface area (Å²) in [5.74, 6) is 2.14. The standard InChI is InChI=1S/C23H42N2O3/c1-21-9-7-18(26)14-16(21)4-5-20-19(21)8-10-22(2)17(6-11-23(20,22)27)15-25-28-13-3-12-24/h16-20,25-27H,3-15,24H2,1-2H3/t16-,17-,18+,19+,20-,21+,22-,23+/m1/s1. The number of hydrogen-bond donors (Lipinski definition) is 4. The minimum absolute atomic E-state index is 0.0181. The molecule has 0 heterocycles. The van der Waals surface area contributed by atoms with Crippen LogP contribution in [0.1, 0.15) is 78.1 Å². The van der Waals surface area contributed by atoms with Crippen LogP contribution in [-0.2, 0) is 4.84 Å². The summed E-state index contributed by atoms with van der Waals surface area (Å²) in [6.07, 6.45) is 10.5. The van der Waals surface area contributed by atoms with Crippen molar-refractivity contribution < 1.29 is 15.1 Å². The van der Waals surface area contributed by atoms with Gasteiger partial charge in [-0.1, -0.05) is 13.8 Å². The first-order valence-corrected chi connectivity index (χ1v) is 11.8. The molecule has 0 aliphatic heterocycles. The van der Waals surface area contributed by atoms with Gasteiger partial charge < -0.3 is 20.8 Å². The zero-order valence-electron chi connectivity index (χ0n) is 18.0. The fourth-order valence-corrected chi connectivity index (χ4v) is 8.03. The van der Waals surface area contributed by atoms with Crippen LogP contribution in [0.2, 0.25) is 0 Å². The van der Waals surface area contributed by atoms with Crippen LogP contribution < -0.4 is 11.2 Å². The largest absolute Gasteiger partial charge is 0.393 e. The van der Waals surface area contributed by atoms with Crippen LogP contribution in [-0.4, -0.2) is 41.6 Å². The number of aliphatic hydroxyl groups excluding tert-OH is 1. The number of hydrogen-bond acceptors (Lipinski definition) is 5. The molecule has 0 radical (unpaired) electrons. The second kappa shape index (κ2) is 7.81. The van der Waals surface area contributed by atoms with Crippen molar-refractivity contribution in [1.29, 1.82) is 0 Å². The summed E-state index contributed by atoms with van der Waals surface area (Å²) in [5.41, 5.74) is 8.45. The molecule has 5 N–H and O–H groups in total. The summed E-state index contributed by atoms with van der Waals surface area (Å²) in [5, 5.41) is 22.3. The Bertz CT molecular complexity index is 560. The number of fused-ring (bicyclic) bond motifs is 5. The quantitative estimate of drug-likeness (QED) is 0.411. The molecule has 162 valence electrons. The maximum Gasteiger partial charge on any atom is 0.0735 e. The van der Waals surface area contributed by atoms with Crippen LogP contribution in [0.4, 0.5) is 0 Å². The molecule has 0 unspecified atom stereocenters. The second-order valence-corrected chi connectivity index (χ2v) is 10.9. The monoisotopic (exact) mass is 394 g/mol. The summed E-state index contributed by atoms with van der Waals surface area (Å²) in [6.45, 7) is 6.96. The minimum Gasteiger partial charge on any atom is -0.393 e. The predicted molar refractivity (Wildman–Crippen MR) is 110 cm³/mol. The lowest BCUT2D eigenvalue weighted by Crippen LogP contribution is -2.62. The van der Waals surface area contributed by atoms with Gasteiger partial charge in [-0.2, -0.15) is 0 Å². The lowest BCUT2D eigenvalue weighted by atomic mass is 9.43. The van der Waals surface area contributed by atoms with E-state index in [1.54, 1.807) is 0 Å². The molecule has 0 aromatic carbocycles. The smallest absolute Gasteiger partial charge is 0.0735 e. The molecule has 4 aliphatic carbocycles. The van der Waals surface area contributed by atoms with E-state index in [0.717, 1.165) is 57.9 Å². The Morgan fingerprint density at radius 3 is 2.64 bits per heavy atom. The van der Waals surface area contributed by atoms with E-state index in [4.69, 9.17) is 10.6 Å². The Morgan fingerprint density at radius 2 is 1.86 bits per heavy atom. The van der Waals surface area contributed by atoms with Gasteiger partial charge >= 0.3 is 0 Å². The number of hydroxylamine groups is 1. The highest BCUT2D eigenvalue weighted by Crippen LogP contribution is 2.68. The summed E-state index contributed by atoms with van der Waals surface area (Å²) in [7, 11) is 0. The van der Waals surface area contributed by atoms with Gasteiger partial charge in [-0.25, -0.2) is 5.48 Å². The van der Waals surface area contributed by atoms with Crippen molar-refractivity contribution in [2.75, 3.05) is 19.7 Å². The molecule has 0 aromatic heterocycles. The Kier molecular flexibility index (Phi) is 5.87. The lowest BCUT2D eigenvalue weighted by molar-refractivity contribution is -0.211. The van der Waals surface area contributed by atoms with Crippen molar-refractivity contribution in [2.24, 2.45) is 40.2 Å². The first-order valence-electron chi connectivity index (χ1n) is 11.8. The molecule has 8 atom stereocenters. The Hall–Kier alpha value is -0.200. The Morgan fingerprint density at radius 1 is 1.04 bits per heavy atom. The van der Waals surface area contributed by atoms with Crippen LogP contribution in [0, 0.1) is 34.5 Å². The topological polar surface area (TPSA) is 87.7 Å². The first kappa shape index (κ1) is 21.0. The van der Waals surface area contributed by atoms with Crippen LogP contribution in [0.25, 0.3) is 0 Å². The third kappa shape index (κ3) is 3.17. The van der Waals surface area contributed by atoms with Gasteiger partial charge in [0, 0.05) is 12.0 Å². The molecule has 4 fully saturated rings. The highest BCUT2D eigenvalue weighted by Gasteiger charge is 2.66. The fraction of sp³-hybridized carbons (Fsp3) is 1.00. The molecule has 0 amide bonds. The molecule has 0 bridgehead atoms. The normalized spacial score (nSPS) is 50.7. The molecule has 4 aliphatic rings. The lowest BCUT2D eigenvalue weighted by Gasteiger charge is -2.63. The summed E-state index contributed by atoms with van der Waals surface area (Å²) in [6, 6.07) is 0. The molecule has 28 heavy (non-hydrogen) atoms. The summed E-state index contributed by atoms with van der Waals surface area (Å²) in [4.78, 5) is 5.56. The van der Waals surface area contributed by atoms with E-state index >= 15 is 0 Å². The van der Waals surface area contributed by atoms with E-state index in [9.17, 15) is 10.2 Å². The molecular weight excluding hydrogens is 352 g/mol. The minimum atomic E-state index is -0.538. The maximum absolute atomic E-state index is 12.1. The van der Waals surface area contributed by atoms with Crippen molar-refractivity contribution in [3.05, 3.63) is 0 Å². The van der Waals surface area contributed by atoms with Crippen molar-refractivity contribution in [2.45, 2.75) is 89.8 Å². The van der Waals surface area contributed by atoms with Gasteiger partial charge in [0.15, 0.2) is 0 Å². The van der Waals surface area contributed by atoms with E-state index in [2.05, 4.69) is 19.3 Å². The van der Waals surface area contributed by atoms with Crippen molar-refractivity contribution >= 4 is 0 Å². The first-order chi connectivity index (χ1) is 13.3. The zero-order valence-corrected chi connectivity index (χ0v) is 18.0. The molecule has 5 heteroatoms. The van der Waals surface area contributed by atoms with Gasteiger partial charge in [-0.3, -0.25) is 0 Å². The van der Waals surface area contributed by atoms with E-state index < -0.39 is 5.60 Å². The van der Waals surface area contributed by atoms with Gasteiger partial charge in [0.2, 0.25) is 0 Å². The summed E-state index contributed by atoms with van der Waals surface area (Å²) >= 11 is 0. The van der Waals surface area contributed by atoms with Crippen LogP contribution >= 0.6 is 0 Å².